The number of alkyl halides is 3. The minimum Gasteiger partial charge on any atom is -0.481 e. The van der Waals surface area contributed by atoms with Crippen molar-refractivity contribution >= 4 is 5.97 Å². The van der Waals surface area contributed by atoms with Crippen LogP contribution in [0.25, 0.3) is 0 Å². The van der Waals surface area contributed by atoms with E-state index in [9.17, 15) is 23.1 Å². The highest BCUT2D eigenvalue weighted by atomic mass is 19.4. The van der Waals surface area contributed by atoms with Crippen LogP contribution in [0.5, 0.6) is 11.6 Å². The average molecular weight is 340 g/mol. The quantitative estimate of drug-likeness (QED) is 0.884. The Morgan fingerprint density at radius 3 is 2.67 bits per heavy atom. The second kappa shape index (κ2) is 6.86. The molecule has 1 unspecified atom stereocenters. The highest BCUT2D eigenvalue weighted by Crippen LogP contribution is 2.34. The Balaban J connectivity index is 2.43. The van der Waals surface area contributed by atoms with Gasteiger partial charge in [-0.15, -0.1) is 0 Å². The maximum Gasteiger partial charge on any atom is 0.416 e. The predicted molar refractivity (Wildman–Crippen MR) is 79.0 cm³/mol. The Labute approximate surface area is 136 Å². The first-order valence-corrected chi connectivity index (χ1v) is 7.13. The number of carboxylic acids is 1. The molecule has 0 bridgehead atoms. The van der Waals surface area contributed by atoms with Gasteiger partial charge in [0, 0.05) is 11.8 Å². The third-order valence-electron chi connectivity index (χ3n) is 3.36. The Hall–Kier alpha value is -2.64. The van der Waals surface area contributed by atoms with Crippen LogP contribution in [0.15, 0.2) is 30.5 Å². The van der Waals surface area contributed by atoms with Gasteiger partial charge in [-0.1, -0.05) is 13.0 Å². The summed E-state index contributed by atoms with van der Waals surface area (Å²) in [4.78, 5) is 19.3. The average Bonchev–Trinajstić information content (AvgIpc) is 2.49. The number of hydrogen-bond acceptors (Lipinski definition) is 4. The molecule has 1 aromatic carbocycles. The number of nitrogens with zero attached hydrogens (tertiary/aromatic N) is 2. The van der Waals surface area contributed by atoms with Gasteiger partial charge in [0.2, 0.25) is 5.88 Å². The fourth-order valence-electron chi connectivity index (χ4n) is 2.15. The van der Waals surface area contributed by atoms with Crippen LogP contribution in [0, 0.1) is 6.92 Å². The number of rotatable bonds is 5. The Kier molecular flexibility index (Phi) is 5.06. The van der Waals surface area contributed by atoms with Crippen molar-refractivity contribution in [3.63, 3.8) is 0 Å². The second-order valence-electron chi connectivity index (χ2n) is 5.10. The summed E-state index contributed by atoms with van der Waals surface area (Å²) in [6.45, 7) is 3.25. The van der Waals surface area contributed by atoms with Gasteiger partial charge in [0.25, 0.3) is 0 Å². The van der Waals surface area contributed by atoms with Gasteiger partial charge in [0.1, 0.15) is 11.6 Å². The summed E-state index contributed by atoms with van der Waals surface area (Å²) in [5, 5.41) is 9.28. The maximum atomic E-state index is 12.8. The summed E-state index contributed by atoms with van der Waals surface area (Å²) in [5.74, 6) is -1.81. The summed E-state index contributed by atoms with van der Waals surface area (Å²) in [6, 6.07) is 4.31. The van der Waals surface area contributed by atoms with Crippen molar-refractivity contribution in [1.82, 2.24) is 9.97 Å². The van der Waals surface area contributed by atoms with E-state index in [2.05, 4.69) is 9.97 Å². The van der Waals surface area contributed by atoms with E-state index in [-0.39, 0.29) is 23.6 Å². The molecule has 5 nitrogen and oxygen atoms in total. The normalized spacial score (nSPS) is 12.7. The molecule has 1 heterocycles. The number of halogens is 3. The number of carbonyl (C=O) groups is 1. The van der Waals surface area contributed by atoms with Crippen LogP contribution in [0.2, 0.25) is 0 Å². The molecule has 1 atom stereocenters. The lowest BCUT2D eigenvalue weighted by molar-refractivity contribution is -0.139. The van der Waals surface area contributed by atoms with Gasteiger partial charge in [-0.25, -0.2) is 4.98 Å². The molecule has 0 fully saturated rings. The van der Waals surface area contributed by atoms with Crippen molar-refractivity contribution in [2.24, 2.45) is 0 Å². The van der Waals surface area contributed by atoms with Crippen LogP contribution in [0.1, 0.15) is 36.2 Å². The summed E-state index contributed by atoms with van der Waals surface area (Å²) in [6.07, 6.45) is -2.91. The van der Waals surface area contributed by atoms with Crippen molar-refractivity contribution in [3.05, 3.63) is 47.4 Å². The van der Waals surface area contributed by atoms with Crippen molar-refractivity contribution in [2.75, 3.05) is 0 Å². The molecule has 0 aliphatic rings. The maximum absolute atomic E-state index is 12.8. The number of ether oxygens (including phenoxy) is 1. The zero-order chi connectivity index (χ0) is 17.9. The highest BCUT2D eigenvalue weighted by Gasteiger charge is 2.31. The minimum absolute atomic E-state index is 0.0592. The molecule has 0 amide bonds. The van der Waals surface area contributed by atoms with E-state index in [0.717, 1.165) is 12.1 Å². The fourth-order valence-corrected chi connectivity index (χ4v) is 2.15. The van der Waals surface area contributed by atoms with E-state index < -0.39 is 23.6 Å². The molecule has 1 aromatic heterocycles. The molecule has 2 aromatic rings. The number of aliphatic carboxylic acids is 1. The molecule has 24 heavy (non-hydrogen) atoms. The van der Waals surface area contributed by atoms with Crippen molar-refractivity contribution in [3.8, 4) is 11.6 Å². The molecule has 0 radical (unpaired) electrons. The van der Waals surface area contributed by atoms with E-state index in [1.165, 1.54) is 18.3 Å². The molecular formula is C16H15F3N2O3. The topological polar surface area (TPSA) is 72.3 Å². The summed E-state index contributed by atoms with van der Waals surface area (Å²) in [7, 11) is 0. The number of aromatic nitrogens is 2. The molecule has 8 heteroatoms. The smallest absolute Gasteiger partial charge is 0.416 e. The molecule has 0 saturated carbocycles. The third-order valence-corrected chi connectivity index (χ3v) is 3.36. The zero-order valence-electron chi connectivity index (χ0n) is 13.0. The lowest BCUT2D eigenvalue weighted by atomic mass is 9.99. The van der Waals surface area contributed by atoms with Crippen LogP contribution < -0.4 is 4.74 Å². The third kappa shape index (κ3) is 4.01. The number of benzene rings is 1. The molecular weight excluding hydrogens is 325 g/mol. The van der Waals surface area contributed by atoms with Crippen LogP contribution >= 0.6 is 0 Å². The van der Waals surface area contributed by atoms with Crippen molar-refractivity contribution in [2.45, 2.75) is 32.4 Å². The molecule has 128 valence electrons. The second-order valence-corrected chi connectivity index (χ2v) is 5.10. The van der Waals surface area contributed by atoms with Crippen LogP contribution in [-0.2, 0) is 11.0 Å². The van der Waals surface area contributed by atoms with E-state index in [0.29, 0.717) is 5.82 Å². The largest absolute Gasteiger partial charge is 0.481 e. The highest BCUT2D eigenvalue weighted by molar-refractivity contribution is 5.76. The number of carboxylic acid groups (broad SMARTS) is 1. The van der Waals surface area contributed by atoms with Crippen LogP contribution in [0.4, 0.5) is 13.2 Å². The lowest BCUT2D eigenvalue weighted by Gasteiger charge is -2.15. The SMILES string of the molecule is CCC(C(=O)O)c1cnc(C)nc1Oc1cccc(C(F)(F)F)c1. The predicted octanol–water partition coefficient (Wildman–Crippen LogP) is 4.17. The van der Waals surface area contributed by atoms with E-state index in [4.69, 9.17) is 4.74 Å². The molecule has 0 aliphatic carbocycles. The fraction of sp³-hybridized carbons (Fsp3) is 0.312. The number of aryl methyl sites for hydroxylation is 1. The Morgan fingerprint density at radius 2 is 2.08 bits per heavy atom. The summed E-state index contributed by atoms with van der Waals surface area (Å²) in [5.41, 5.74) is -0.648. The van der Waals surface area contributed by atoms with Gasteiger partial charge >= 0.3 is 12.1 Å². The van der Waals surface area contributed by atoms with Gasteiger partial charge in [0.05, 0.1) is 11.5 Å². The van der Waals surface area contributed by atoms with Gasteiger partial charge < -0.3 is 9.84 Å². The standard InChI is InChI=1S/C16H15F3N2O3/c1-3-12(15(22)23)13-8-20-9(2)21-14(13)24-11-6-4-5-10(7-11)16(17,18)19/h4-8,12H,3H2,1-2H3,(H,22,23). The molecule has 2 rings (SSSR count). The first-order valence-electron chi connectivity index (χ1n) is 7.13. The van der Waals surface area contributed by atoms with E-state index in [1.54, 1.807) is 13.8 Å². The zero-order valence-corrected chi connectivity index (χ0v) is 13.0. The van der Waals surface area contributed by atoms with Crippen LogP contribution in [0.3, 0.4) is 0 Å². The van der Waals surface area contributed by atoms with Gasteiger partial charge in [-0.3, -0.25) is 4.79 Å². The summed E-state index contributed by atoms with van der Waals surface area (Å²) < 4.78 is 43.8. The van der Waals surface area contributed by atoms with Gasteiger partial charge in [-0.2, -0.15) is 18.2 Å². The van der Waals surface area contributed by atoms with Crippen LogP contribution in [-0.4, -0.2) is 21.0 Å². The number of hydrogen-bond donors (Lipinski definition) is 1. The van der Waals surface area contributed by atoms with E-state index in [1.807, 2.05) is 0 Å². The molecule has 1 N–H and O–H groups in total. The molecule has 0 aliphatic heterocycles. The summed E-state index contributed by atoms with van der Waals surface area (Å²) >= 11 is 0. The molecule has 0 spiro atoms. The van der Waals surface area contributed by atoms with Crippen molar-refractivity contribution < 1.29 is 27.8 Å². The van der Waals surface area contributed by atoms with Crippen molar-refractivity contribution in [1.29, 1.82) is 0 Å². The Morgan fingerprint density at radius 1 is 1.38 bits per heavy atom. The first-order chi connectivity index (χ1) is 11.2. The first kappa shape index (κ1) is 17.7. The minimum atomic E-state index is -4.50. The van der Waals surface area contributed by atoms with Gasteiger partial charge in [0.15, 0.2) is 0 Å². The monoisotopic (exact) mass is 340 g/mol. The Bertz CT molecular complexity index is 748. The van der Waals surface area contributed by atoms with E-state index >= 15 is 0 Å². The lowest BCUT2D eigenvalue weighted by Crippen LogP contribution is -2.13. The van der Waals surface area contributed by atoms with Gasteiger partial charge in [-0.05, 0) is 31.5 Å². The molecule has 0 saturated heterocycles.